The van der Waals surface area contributed by atoms with E-state index in [1.165, 1.54) is 11.0 Å². The van der Waals surface area contributed by atoms with Crippen molar-refractivity contribution in [3.05, 3.63) is 118 Å². The van der Waals surface area contributed by atoms with Gasteiger partial charge in [0.25, 0.3) is 5.91 Å². The second kappa shape index (κ2) is 8.62. The molecule has 1 aliphatic rings. The van der Waals surface area contributed by atoms with Crippen LogP contribution in [0.15, 0.2) is 96.3 Å². The van der Waals surface area contributed by atoms with Crippen LogP contribution >= 0.6 is 11.6 Å². The third kappa shape index (κ3) is 4.03. The van der Waals surface area contributed by atoms with Crippen LogP contribution < -0.4 is 4.90 Å². The molecule has 1 aliphatic heterocycles. The van der Waals surface area contributed by atoms with Crippen LogP contribution in [0.4, 0.5) is 5.69 Å². The Morgan fingerprint density at radius 1 is 0.968 bits per heavy atom. The summed E-state index contributed by atoms with van der Waals surface area (Å²) in [5, 5.41) is 11.3. The predicted octanol–water partition coefficient (Wildman–Crippen LogP) is 5.83. The van der Waals surface area contributed by atoms with Crippen molar-refractivity contribution in [2.24, 2.45) is 0 Å². The molecule has 0 spiro atoms. The fourth-order valence-electron chi connectivity index (χ4n) is 3.73. The smallest absolute Gasteiger partial charge is 0.294 e. The van der Waals surface area contributed by atoms with Crippen molar-refractivity contribution in [1.29, 1.82) is 0 Å². The zero-order chi connectivity index (χ0) is 22.0. The Hall–Kier alpha value is -3.63. The maximum Gasteiger partial charge on any atom is 0.294 e. The van der Waals surface area contributed by atoms with E-state index in [0.717, 1.165) is 11.1 Å². The minimum Gasteiger partial charge on any atom is -0.503 e. The third-order valence-corrected chi connectivity index (χ3v) is 5.51. The number of allylic oxidation sites excluding steroid dienone is 1. The number of nitrogens with zero attached hydrogens (tertiary/aromatic N) is 1. The molecule has 0 saturated carbocycles. The van der Waals surface area contributed by atoms with Crippen molar-refractivity contribution in [2.75, 3.05) is 4.90 Å². The molecule has 5 heteroatoms. The largest absolute Gasteiger partial charge is 0.503 e. The van der Waals surface area contributed by atoms with Gasteiger partial charge in [-0.05, 0) is 47.9 Å². The lowest BCUT2D eigenvalue weighted by atomic mass is 9.95. The van der Waals surface area contributed by atoms with Gasteiger partial charge in [0.15, 0.2) is 11.5 Å². The SMILES string of the molecule is Cc1ccccc1N1C(=O)C(O)=C(C(=O)/C=C/c2ccccc2)[C@H]1c1ccc(Cl)cc1. The van der Waals surface area contributed by atoms with E-state index in [1.54, 1.807) is 36.4 Å². The van der Waals surface area contributed by atoms with E-state index in [1.807, 2.05) is 55.5 Å². The van der Waals surface area contributed by atoms with Crippen molar-refractivity contribution in [1.82, 2.24) is 0 Å². The van der Waals surface area contributed by atoms with Gasteiger partial charge in [-0.2, -0.15) is 0 Å². The molecule has 154 valence electrons. The summed E-state index contributed by atoms with van der Waals surface area (Å²) in [5.74, 6) is -1.57. The molecule has 1 atom stereocenters. The molecule has 1 heterocycles. The number of hydrogen-bond acceptors (Lipinski definition) is 3. The molecule has 3 aromatic rings. The summed E-state index contributed by atoms with van der Waals surface area (Å²) in [5.41, 5.74) is 3.06. The summed E-state index contributed by atoms with van der Waals surface area (Å²) >= 11 is 6.05. The zero-order valence-corrected chi connectivity index (χ0v) is 17.6. The Kier molecular flexibility index (Phi) is 5.74. The zero-order valence-electron chi connectivity index (χ0n) is 16.8. The second-order valence-corrected chi connectivity index (χ2v) is 7.72. The molecule has 0 saturated heterocycles. The summed E-state index contributed by atoms with van der Waals surface area (Å²) < 4.78 is 0. The number of aliphatic hydroxyl groups excluding tert-OH is 1. The van der Waals surface area contributed by atoms with Gasteiger partial charge in [-0.15, -0.1) is 0 Å². The molecule has 1 amide bonds. The van der Waals surface area contributed by atoms with Crippen molar-refractivity contribution in [2.45, 2.75) is 13.0 Å². The van der Waals surface area contributed by atoms with Gasteiger partial charge in [0.2, 0.25) is 0 Å². The number of ketones is 1. The molecule has 0 aliphatic carbocycles. The first-order valence-electron chi connectivity index (χ1n) is 9.82. The quantitative estimate of drug-likeness (QED) is 0.519. The van der Waals surface area contributed by atoms with Crippen molar-refractivity contribution in [3.63, 3.8) is 0 Å². The molecule has 0 radical (unpaired) electrons. The Bertz CT molecular complexity index is 1200. The minimum absolute atomic E-state index is 0.0442. The number of carbonyl (C=O) groups is 2. The molecule has 0 bridgehead atoms. The number of aryl methyl sites for hydroxylation is 1. The third-order valence-electron chi connectivity index (χ3n) is 5.26. The summed E-state index contributed by atoms with van der Waals surface area (Å²) in [7, 11) is 0. The Morgan fingerprint density at radius 3 is 2.29 bits per heavy atom. The van der Waals surface area contributed by atoms with E-state index in [2.05, 4.69) is 0 Å². The number of aliphatic hydroxyl groups is 1. The Balaban J connectivity index is 1.81. The van der Waals surface area contributed by atoms with Gasteiger partial charge in [0.05, 0.1) is 11.6 Å². The average molecular weight is 430 g/mol. The normalized spacial score (nSPS) is 16.4. The lowest BCUT2D eigenvalue weighted by Gasteiger charge is -2.28. The van der Waals surface area contributed by atoms with Gasteiger partial charge in [-0.1, -0.05) is 78.3 Å². The van der Waals surface area contributed by atoms with Gasteiger partial charge < -0.3 is 5.11 Å². The van der Waals surface area contributed by atoms with Crippen LogP contribution in [0.5, 0.6) is 0 Å². The van der Waals surface area contributed by atoms with Gasteiger partial charge in [0.1, 0.15) is 0 Å². The molecule has 31 heavy (non-hydrogen) atoms. The maximum absolute atomic E-state index is 13.2. The Labute approximate surface area is 185 Å². The fourth-order valence-corrected chi connectivity index (χ4v) is 3.85. The van der Waals surface area contributed by atoms with Gasteiger partial charge >= 0.3 is 0 Å². The standard InChI is InChI=1S/C26H20ClNO3/c1-17-7-5-6-10-21(17)28-24(19-12-14-20(27)15-13-19)23(25(30)26(28)31)22(29)16-11-18-8-3-2-4-9-18/h2-16,24,30H,1H3/b16-11+/t24-/m1/s1. The number of carbonyl (C=O) groups excluding carboxylic acids is 2. The number of hydrogen-bond donors (Lipinski definition) is 1. The predicted molar refractivity (Wildman–Crippen MR) is 123 cm³/mol. The summed E-state index contributed by atoms with van der Waals surface area (Å²) in [6.45, 7) is 1.88. The van der Waals surface area contributed by atoms with E-state index >= 15 is 0 Å². The molecule has 0 aromatic heterocycles. The van der Waals surface area contributed by atoms with Crippen LogP contribution in [0.2, 0.25) is 5.02 Å². The second-order valence-electron chi connectivity index (χ2n) is 7.29. The molecule has 0 fully saturated rings. The van der Waals surface area contributed by atoms with Gasteiger partial charge in [-0.25, -0.2) is 0 Å². The molecule has 1 N–H and O–H groups in total. The lowest BCUT2D eigenvalue weighted by Crippen LogP contribution is -2.31. The fraction of sp³-hybridized carbons (Fsp3) is 0.0769. The first-order valence-corrected chi connectivity index (χ1v) is 10.2. The van der Waals surface area contributed by atoms with Crippen molar-refractivity contribution >= 4 is 35.1 Å². The summed E-state index contributed by atoms with van der Waals surface area (Å²) in [6, 6.07) is 22.9. The highest BCUT2D eigenvalue weighted by molar-refractivity contribution is 6.30. The molecular weight excluding hydrogens is 410 g/mol. The average Bonchev–Trinajstić information content (AvgIpc) is 3.04. The van der Waals surface area contributed by atoms with Crippen LogP contribution in [-0.4, -0.2) is 16.8 Å². The van der Waals surface area contributed by atoms with Crippen molar-refractivity contribution < 1.29 is 14.7 Å². The van der Waals surface area contributed by atoms with Crippen LogP contribution in [0.3, 0.4) is 0 Å². The number of amides is 1. The number of halogens is 1. The van der Waals surface area contributed by atoms with E-state index in [-0.39, 0.29) is 5.57 Å². The summed E-state index contributed by atoms with van der Waals surface area (Å²) in [4.78, 5) is 27.8. The molecule has 4 nitrogen and oxygen atoms in total. The number of rotatable bonds is 5. The number of anilines is 1. The highest BCUT2D eigenvalue weighted by Crippen LogP contribution is 2.42. The van der Waals surface area contributed by atoms with Gasteiger partial charge in [0, 0.05) is 10.7 Å². The lowest BCUT2D eigenvalue weighted by molar-refractivity contribution is -0.117. The van der Waals surface area contributed by atoms with Crippen LogP contribution in [-0.2, 0) is 9.59 Å². The van der Waals surface area contributed by atoms with Crippen LogP contribution in [0.25, 0.3) is 6.08 Å². The minimum atomic E-state index is -0.765. The van der Waals surface area contributed by atoms with Crippen LogP contribution in [0.1, 0.15) is 22.7 Å². The highest BCUT2D eigenvalue weighted by Gasteiger charge is 2.44. The number of para-hydroxylation sites is 1. The molecule has 4 rings (SSSR count). The van der Waals surface area contributed by atoms with E-state index in [9.17, 15) is 14.7 Å². The maximum atomic E-state index is 13.2. The van der Waals surface area contributed by atoms with E-state index < -0.39 is 23.5 Å². The first-order chi connectivity index (χ1) is 15.0. The highest BCUT2D eigenvalue weighted by atomic mass is 35.5. The topological polar surface area (TPSA) is 57.6 Å². The Morgan fingerprint density at radius 2 is 1.61 bits per heavy atom. The molecule has 3 aromatic carbocycles. The number of benzene rings is 3. The first kappa shape index (κ1) is 20.6. The molecular formula is C26H20ClNO3. The molecule has 0 unspecified atom stereocenters. The summed E-state index contributed by atoms with van der Waals surface area (Å²) in [6.07, 6.45) is 3.06. The van der Waals surface area contributed by atoms with Crippen LogP contribution in [0, 0.1) is 6.92 Å². The van der Waals surface area contributed by atoms with E-state index in [0.29, 0.717) is 16.3 Å². The van der Waals surface area contributed by atoms with Crippen molar-refractivity contribution in [3.8, 4) is 0 Å². The monoisotopic (exact) mass is 429 g/mol. The van der Waals surface area contributed by atoms with E-state index in [4.69, 9.17) is 11.6 Å². The van der Waals surface area contributed by atoms with Gasteiger partial charge in [-0.3, -0.25) is 14.5 Å².